The standard InChI is InChI=1S/C16H24N2O3S/c19-11-15-10-18(16(20)7-13-1-6-22-12-13)9-14(15)8-17-2-4-21-5-3-17/h1,6,12,14-15,19H,2-5,7-11H2/t14-,15-/m1/s1. The Balaban J connectivity index is 1.55. The van der Waals surface area contributed by atoms with Crippen molar-refractivity contribution in [3.05, 3.63) is 22.4 Å². The maximum absolute atomic E-state index is 12.4. The van der Waals surface area contributed by atoms with Crippen LogP contribution in [0.1, 0.15) is 5.56 Å². The molecule has 0 saturated carbocycles. The van der Waals surface area contributed by atoms with Gasteiger partial charge in [0.2, 0.25) is 5.91 Å². The zero-order valence-electron chi connectivity index (χ0n) is 12.8. The number of carbonyl (C=O) groups is 1. The number of thiophene rings is 1. The lowest BCUT2D eigenvalue weighted by atomic mass is 9.96. The molecule has 2 aliphatic heterocycles. The molecule has 0 aliphatic carbocycles. The third-order valence-corrected chi connectivity index (χ3v) is 5.43. The Bertz CT molecular complexity index is 474. The van der Waals surface area contributed by atoms with Crippen LogP contribution in [0.3, 0.4) is 0 Å². The summed E-state index contributed by atoms with van der Waals surface area (Å²) >= 11 is 1.62. The number of amides is 1. The van der Waals surface area contributed by atoms with Gasteiger partial charge in [-0.15, -0.1) is 0 Å². The number of aliphatic hydroxyl groups is 1. The number of hydrogen-bond acceptors (Lipinski definition) is 5. The van der Waals surface area contributed by atoms with E-state index in [2.05, 4.69) is 4.90 Å². The fourth-order valence-electron chi connectivity index (χ4n) is 3.35. The predicted octanol–water partition coefficient (Wildman–Crippen LogP) is 0.690. The highest BCUT2D eigenvalue weighted by atomic mass is 32.1. The Hall–Kier alpha value is -0.950. The van der Waals surface area contributed by atoms with E-state index in [0.29, 0.717) is 18.9 Å². The minimum absolute atomic E-state index is 0.164. The van der Waals surface area contributed by atoms with Gasteiger partial charge in [-0.3, -0.25) is 9.69 Å². The topological polar surface area (TPSA) is 53.0 Å². The maximum Gasteiger partial charge on any atom is 0.227 e. The van der Waals surface area contributed by atoms with Crippen molar-refractivity contribution in [3.63, 3.8) is 0 Å². The molecule has 0 radical (unpaired) electrons. The van der Waals surface area contributed by atoms with Gasteiger partial charge in [-0.25, -0.2) is 0 Å². The van der Waals surface area contributed by atoms with Crippen molar-refractivity contribution in [1.29, 1.82) is 0 Å². The van der Waals surface area contributed by atoms with Crippen LogP contribution in [-0.2, 0) is 16.0 Å². The number of nitrogens with zero attached hydrogens (tertiary/aromatic N) is 2. The predicted molar refractivity (Wildman–Crippen MR) is 85.9 cm³/mol. The molecule has 6 heteroatoms. The van der Waals surface area contributed by atoms with Crippen LogP contribution >= 0.6 is 11.3 Å². The molecule has 5 nitrogen and oxygen atoms in total. The van der Waals surface area contributed by atoms with E-state index in [0.717, 1.165) is 45.0 Å². The Labute approximate surface area is 135 Å². The van der Waals surface area contributed by atoms with Crippen LogP contribution in [0.25, 0.3) is 0 Å². The average Bonchev–Trinajstić information content (AvgIpc) is 3.18. The zero-order chi connectivity index (χ0) is 15.4. The highest BCUT2D eigenvalue weighted by Crippen LogP contribution is 2.25. The van der Waals surface area contributed by atoms with Gasteiger partial charge in [-0.05, 0) is 28.3 Å². The van der Waals surface area contributed by atoms with Gasteiger partial charge in [0.05, 0.1) is 19.6 Å². The molecule has 2 aliphatic rings. The van der Waals surface area contributed by atoms with E-state index in [1.54, 1.807) is 11.3 Å². The van der Waals surface area contributed by atoms with Gasteiger partial charge < -0.3 is 14.7 Å². The van der Waals surface area contributed by atoms with Crippen LogP contribution in [0, 0.1) is 11.8 Å². The van der Waals surface area contributed by atoms with Crippen LogP contribution in [0.15, 0.2) is 16.8 Å². The Kier molecular flexibility index (Phi) is 5.46. The van der Waals surface area contributed by atoms with Crippen LogP contribution in [0.2, 0.25) is 0 Å². The molecular formula is C16H24N2O3S. The third kappa shape index (κ3) is 3.87. The molecule has 122 valence electrons. The fourth-order valence-corrected chi connectivity index (χ4v) is 4.02. The Morgan fingerprint density at radius 2 is 2.09 bits per heavy atom. The second-order valence-electron chi connectivity index (χ2n) is 6.22. The van der Waals surface area contributed by atoms with E-state index >= 15 is 0 Å². The summed E-state index contributed by atoms with van der Waals surface area (Å²) in [7, 11) is 0. The minimum atomic E-state index is 0.164. The van der Waals surface area contributed by atoms with Gasteiger partial charge in [0.15, 0.2) is 0 Å². The van der Waals surface area contributed by atoms with Crippen molar-refractivity contribution in [1.82, 2.24) is 9.80 Å². The molecule has 0 bridgehead atoms. The summed E-state index contributed by atoms with van der Waals surface area (Å²) in [6.45, 7) is 6.07. The molecule has 0 aromatic carbocycles. The molecule has 0 unspecified atom stereocenters. The molecule has 1 aromatic heterocycles. The Morgan fingerprint density at radius 1 is 1.32 bits per heavy atom. The summed E-state index contributed by atoms with van der Waals surface area (Å²) in [4.78, 5) is 16.8. The fraction of sp³-hybridized carbons (Fsp3) is 0.688. The van der Waals surface area contributed by atoms with Gasteiger partial charge in [0.1, 0.15) is 0 Å². The van der Waals surface area contributed by atoms with Crippen LogP contribution in [-0.4, -0.2) is 73.4 Å². The number of likely N-dealkylation sites (tertiary alicyclic amines) is 1. The average molecular weight is 324 g/mol. The highest BCUT2D eigenvalue weighted by Gasteiger charge is 2.35. The first-order valence-electron chi connectivity index (χ1n) is 7.96. The number of hydrogen-bond donors (Lipinski definition) is 1. The van der Waals surface area contributed by atoms with Crippen molar-refractivity contribution in [2.24, 2.45) is 11.8 Å². The lowest BCUT2D eigenvalue weighted by Gasteiger charge is -2.30. The summed E-state index contributed by atoms with van der Waals surface area (Å²) in [6, 6.07) is 2.01. The second-order valence-corrected chi connectivity index (χ2v) is 7.00. The van der Waals surface area contributed by atoms with Crippen molar-refractivity contribution < 1.29 is 14.6 Å². The first-order chi connectivity index (χ1) is 10.8. The molecule has 3 rings (SSSR count). The van der Waals surface area contributed by atoms with Gasteiger partial charge in [0.25, 0.3) is 0 Å². The molecule has 1 N–H and O–H groups in total. The summed E-state index contributed by atoms with van der Waals surface area (Å²) in [6.07, 6.45) is 0.478. The van der Waals surface area contributed by atoms with Crippen molar-refractivity contribution in [3.8, 4) is 0 Å². The van der Waals surface area contributed by atoms with E-state index in [1.165, 1.54) is 0 Å². The number of aliphatic hydroxyl groups excluding tert-OH is 1. The number of carbonyl (C=O) groups excluding carboxylic acids is 1. The molecule has 0 spiro atoms. The first kappa shape index (κ1) is 15.9. The Morgan fingerprint density at radius 3 is 2.77 bits per heavy atom. The molecule has 1 aromatic rings. The van der Waals surface area contributed by atoms with E-state index in [9.17, 15) is 9.90 Å². The first-order valence-corrected chi connectivity index (χ1v) is 8.90. The van der Waals surface area contributed by atoms with Crippen molar-refractivity contribution in [2.75, 3.05) is 52.5 Å². The molecular weight excluding hydrogens is 300 g/mol. The smallest absolute Gasteiger partial charge is 0.227 e. The maximum atomic E-state index is 12.4. The molecule has 2 atom stereocenters. The van der Waals surface area contributed by atoms with E-state index in [1.807, 2.05) is 21.7 Å². The lowest BCUT2D eigenvalue weighted by molar-refractivity contribution is -0.129. The highest BCUT2D eigenvalue weighted by molar-refractivity contribution is 7.07. The van der Waals surface area contributed by atoms with Crippen molar-refractivity contribution in [2.45, 2.75) is 6.42 Å². The summed E-state index contributed by atoms with van der Waals surface area (Å²) in [5.41, 5.74) is 1.09. The molecule has 3 heterocycles. The molecule has 22 heavy (non-hydrogen) atoms. The molecule has 2 saturated heterocycles. The second kappa shape index (κ2) is 7.55. The summed E-state index contributed by atoms with van der Waals surface area (Å²) in [5, 5.41) is 13.7. The van der Waals surface area contributed by atoms with Gasteiger partial charge in [-0.1, -0.05) is 0 Å². The van der Waals surface area contributed by atoms with Gasteiger partial charge in [0, 0.05) is 45.2 Å². The minimum Gasteiger partial charge on any atom is -0.396 e. The normalized spacial score (nSPS) is 26.5. The summed E-state index contributed by atoms with van der Waals surface area (Å²) in [5.74, 6) is 0.755. The van der Waals surface area contributed by atoms with Crippen LogP contribution < -0.4 is 0 Å². The van der Waals surface area contributed by atoms with E-state index in [4.69, 9.17) is 4.74 Å². The number of morpholine rings is 1. The zero-order valence-corrected chi connectivity index (χ0v) is 13.6. The third-order valence-electron chi connectivity index (χ3n) is 4.70. The summed E-state index contributed by atoms with van der Waals surface area (Å²) < 4.78 is 5.38. The van der Waals surface area contributed by atoms with E-state index < -0.39 is 0 Å². The number of rotatable bonds is 5. The van der Waals surface area contributed by atoms with Crippen molar-refractivity contribution >= 4 is 17.2 Å². The monoisotopic (exact) mass is 324 g/mol. The van der Waals surface area contributed by atoms with Crippen LogP contribution in [0.4, 0.5) is 0 Å². The molecule has 2 fully saturated rings. The van der Waals surface area contributed by atoms with Gasteiger partial charge in [-0.2, -0.15) is 11.3 Å². The van der Waals surface area contributed by atoms with E-state index in [-0.39, 0.29) is 18.4 Å². The molecule has 1 amide bonds. The lowest BCUT2D eigenvalue weighted by Crippen LogP contribution is -2.41. The quantitative estimate of drug-likeness (QED) is 0.866. The van der Waals surface area contributed by atoms with Crippen LogP contribution in [0.5, 0.6) is 0 Å². The SMILES string of the molecule is O=C(Cc1ccsc1)N1C[C@@H](CN2CCOCC2)[C@@H](CO)C1. The van der Waals surface area contributed by atoms with Gasteiger partial charge >= 0.3 is 0 Å². The number of ether oxygens (including phenoxy) is 1. The largest absolute Gasteiger partial charge is 0.396 e.